The number of carbonyl (C=O) groups excluding carboxylic acids is 2. The molecule has 0 saturated carbocycles. The monoisotopic (exact) mass is 497 g/mol. The number of anilines is 1. The molecule has 0 saturated heterocycles. The Labute approximate surface area is 185 Å². The molecule has 0 aliphatic carbocycles. The molecule has 8 nitrogen and oxygen atoms in total. The van der Waals surface area contributed by atoms with E-state index >= 15 is 0 Å². The number of benzene rings is 2. The molecule has 2 aliphatic heterocycles. The van der Waals surface area contributed by atoms with Crippen molar-refractivity contribution >= 4 is 45.1 Å². The summed E-state index contributed by atoms with van der Waals surface area (Å²) in [5.74, 6) is 0.663. The van der Waals surface area contributed by atoms with E-state index in [0.29, 0.717) is 66.0 Å². The first-order valence-electron chi connectivity index (χ1n) is 9.16. The number of carbonyl (C=O) groups is 2. The fourth-order valence-corrected chi connectivity index (χ4v) is 3.60. The Kier molecular flexibility index (Phi) is 6.19. The van der Waals surface area contributed by atoms with Crippen molar-refractivity contribution in [1.82, 2.24) is 0 Å². The van der Waals surface area contributed by atoms with Crippen molar-refractivity contribution in [3.63, 3.8) is 0 Å². The molecule has 0 fully saturated rings. The van der Waals surface area contributed by atoms with Gasteiger partial charge in [-0.1, -0.05) is 11.6 Å². The van der Waals surface area contributed by atoms with Crippen LogP contribution in [0.3, 0.4) is 0 Å². The van der Waals surface area contributed by atoms with Crippen molar-refractivity contribution in [2.75, 3.05) is 38.4 Å². The number of hydrogen-bond acceptors (Lipinski definition) is 7. The molecule has 0 aromatic heterocycles. The highest BCUT2D eigenvalue weighted by Crippen LogP contribution is 2.39. The minimum absolute atomic E-state index is 0.164. The van der Waals surface area contributed by atoms with Gasteiger partial charge in [0.1, 0.15) is 13.2 Å². The highest BCUT2D eigenvalue weighted by atomic mass is 79.9. The molecule has 158 valence electrons. The Morgan fingerprint density at radius 2 is 1.67 bits per heavy atom. The highest BCUT2D eigenvalue weighted by Gasteiger charge is 2.21. The summed E-state index contributed by atoms with van der Waals surface area (Å²) in [5.41, 5.74) is 0.636. The van der Waals surface area contributed by atoms with Gasteiger partial charge in [0.15, 0.2) is 29.6 Å². The van der Waals surface area contributed by atoms with Gasteiger partial charge in [0.2, 0.25) is 0 Å². The van der Waals surface area contributed by atoms with Crippen molar-refractivity contribution in [3.8, 4) is 23.0 Å². The van der Waals surface area contributed by atoms with Crippen molar-refractivity contribution in [1.29, 1.82) is 0 Å². The number of halogens is 2. The summed E-state index contributed by atoms with van der Waals surface area (Å²) in [4.78, 5) is 24.6. The molecular formula is C20H17BrClNO7. The quantitative estimate of drug-likeness (QED) is 0.641. The van der Waals surface area contributed by atoms with E-state index in [0.717, 1.165) is 0 Å². The second-order valence-corrected chi connectivity index (χ2v) is 7.70. The summed E-state index contributed by atoms with van der Waals surface area (Å²) in [6.07, 6.45) is 0.709. The van der Waals surface area contributed by atoms with E-state index < -0.39 is 18.5 Å². The predicted octanol–water partition coefficient (Wildman–Crippen LogP) is 3.83. The van der Waals surface area contributed by atoms with Gasteiger partial charge in [-0.25, -0.2) is 4.79 Å². The van der Waals surface area contributed by atoms with Crippen molar-refractivity contribution < 1.29 is 33.3 Å². The molecule has 1 amide bonds. The molecule has 4 rings (SSSR count). The summed E-state index contributed by atoms with van der Waals surface area (Å²) in [7, 11) is 0. The molecule has 0 unspecified atom stereocenters. The van der Waals surface area contributed by atoms with Gasteiger partial charge in [-0.05, 0) is 28.1 Å². The zero-order valence-corrected chi connectivity index (χ0v) is 18.0. The number of esters is 1. The van der Waals surface area contributed by atoms with Crippen LogP contribution in [0.1, 0.15) is 16.8 Å². The van der Waals surface area contributed by atoms with Gasteiger partial charge in [-0.2, -0.15) is 0 Å². The third-order valence-corrected chi connectivity index (χ3v) is 5.22. The van der Waals surface area contributed by atoms with Crippen LogP contribution < -0.4 is 24.3 Å². The fourth-order valence-electron chi connectivity index (χ4n) is 2.91. The largest absolute Gasteiger partial charge is 0.489 e. The van der Waals surface area contributed by atoms with Crippen LogP contribution in [0.25, 0.3) is 0 Å². The summed E-state index contributed by atoms with van der Waals surface area (Å²) in [6.45, 7) is 1.34. The van der Waals surface area contributed by atoms with Crippen LogP contribution in [0, 0.1) is 0 Å². The first kappa shape index (κ1) is 20.6. The zero-order valence-electron chi connectivity index (χ0n) is 15.7. The van der Waals surface area contributed by atoms with Crippen LogP contribution in [0.5, 0.6) is 23.0 Å². The average Bonchev–Trinajstić information content (AvgIpc) is 2.98. The Hall–Kier alpha value is -2.65. The summed E-state index contributed by atoms with van der Waals surface area (Å²) in [5, 5.41) is 2.91. The lowest BCUT2D eigenvalue weighted by molar-refractivity contribution is -0.119. The Balaban J connectivity index is 1.39. The number of ether oxygens (including phenoxy) is 5. The normalized spacial score (nSPS) is 14.5. The molecule has 0 atom stereocenters. The maximum Gasteiger partial charge on any atom is 0.338 e. The molecule has 2 aromatic carbocycles. The molecule has 2 heterocycles. The van der Waals surface area contributed by atoms with E-state index in [-0.39, 0.29) is 10.6 Å². The molecule has 2 aromatic rings. The fraction of sp³-hybridized carbons (Fsp3) is 0.300. The van der Waals surface area contributed by atoms with E-state index in [1.54, 1.807) is 12.1 Å². The van der Waals surface area contributed by atoms with Crippen LogP contribution in [0.4, 0.5) is 5.69 Å². The average molecular weight is 499 g/mol. The lowest BCUT2D eigenvalue weighted by Gasteiger charge is -2.20. The lowest BCUT2D eigenvalue weighted by atomic mass is 10.2. The van der Waals surface area contributed by atoms with E-state index in [2.05, 4.69) is 21.2 Å². The van der Waals surface area contributed by atoms with Crippen molar-refractivity contribution in [2.45, 2.75) is 6.42 Å². The second-order valence-electron chi connectivity index (χ2n) is 6.44. The van der Waals surface area contributed by atoms with Crippen LogP contribution in [-0.4, -0.2) is 44.9 Å². The molecule has 0 bridgehead atoms. The standard InChI is InChI=1S/C20H17BrClNO7/c21-12-8-15-16(28-5-4-27-15)9-14(12)23-18(24)10-30-20(25)11-6-13(22)19-17(7-11)26-2-1-3-29-19/h6-9H,1-5,10H2,(H,23,24). The van der Waals surface area contributed by atoms with Crippen molar-refractivity contribution in [2.24, 2.45) is 0 Å². The van der Waals surface area contributed by atoms with E-state index in [1.165, 1.54) is 12.1 Å². The van der Waals surface area contributed by atoms with Gasteiger partial charge >= 0.3 is 5.97 Å². The third kappa shape index (κ3) is 4.57. The molecule has 1 N–H and O–H groups in total. The maximum atomic E-state index is 12.4. The van der Waals surface area contributed by atoms with Crippen LogP contribution in [-0.2, 0) is 9.53 Å². The Morgan fingerprint density at radius 3 is 2.47 bits per heavy atom. The van der Waals surface area contributed by atoms with Gasteiger partial charge < -0.3 is 29.0 Å². The van der Waals surface area contributed by atoms with Gasteiger partial charge in [-0.3, -0.25) is 4.79 Å². The smallest absolute Gasteiger partial charge is 0.338 e. The summed E-state index contributed by atoms with van der Waals surface area (Å²) >= 11 is 9.56. The number of amides is 1. The van der Waals surface area contributed by atoms with E-state index in [1.807, 2.05) is 0 Å². The highest BCUT2D eigenvalue weighted by molar-refractivity contribution is 9.10. The van der Waals surface area contributed by atoms with E-state index in [4.69, 9.17) is 35.3 Å². The van der Waals surface area contributed by atoms with E-state index in [9.17, 15) is 9.59 Å². The number of nitrogens with one attached hydrogen (secondary N) is 1. The predicted molar refractivity (Wildman–Crippen MR) is 111 cm³/mol. The summed E-state index contributed by atoms with van der Waals surface area (Å²) < 4.78 is 27.8. The zero-order chi connectivity index (χ0) is 21.1. The lowest BCUT2D eigenvalue weighted by Crippen LogP contribution is -2.21. The van der Waals surface area contributed by atoms with Crippen LogP contribution >= 0.6 is 27.5 Å². The van der Waals surface area contributed by atoms with Gasteiger partial charge in [0, 0.05) is 23.0 Å². The maximum absolute atomic E-state index is 12.4. The van der Waals surface area contributed by atoms with Gasteiger partial charge in [0.25, 0.3) is 5.91 Å². The number of hydrogen-bond donors (Lipinski definition) is 1. The van der Waals surface area contributed by atoms with Crippen molar-refractivity contribution in [3.05, 3.63) is 39.3 Å². The molecule has 0 radical (unpaired) electrons. The first-order valence-corrected chi connectivity index (χ1v) is 10.3. The molecular weight excluding hydrogens is 482 g/mol. The minimum Gasteiger partial charge on any atom is -0.489 e. The summed E-state index contributed by atoms with van der Waals surface area (Å²) in [6, 6.07) is 6.26. The number of rotatable bonds is 4. The second kappa shape index (κ2) is 9.01. The molecule has 10 heteroatoms. The van der Waals surface area contributed by atoms with Gasteiger partial charge in [-0.15, -0.1) is 0 Å². The molecule has 0 spiro atoms. The topological polar surface area (TPSA) is 92.3 Å². The Morgan fingerprint density at radius 1 is 0.967 bits per heavy atom. The van der Waals surface area contributed by atoms with Crippen LogP contribution in [0.2, 0.25) is 5.02 Å². The molecule has 2 aliphatic rings. The first-order chi connectivity index (χ1) is 14.5. The SMILES string of the molecule is O=C(COC(=O)c1cc(Cl)c2c(c1)OCCCO2)Nc1cc2c(cc1Br)OCCO2. The van der Waals surface area contributed by atoms with Crippen LogP contribution in [0.15, 0.2) is 28.7 Å². The number of fused-ring (bicyclic) bond motifs is 2. The third-order valence-electron chi connectivity index (χ3n) is 4.28. The minimum atomic E-state index is -0.705. The molecule has 30 heavy (non-hydrogen) atoms. The van der Waals surface area contributed by atoms with Gasteiger partial charge in [0.05, 0.1) is 29.5 Å². The Bertz CT molecular complexity index is 998.